The Balaban J connectivity index is 1.35. The Bertz CT molecular complexity index is 1500. The lowest BCUT2D eigenvalue weighted by Gasteiger charge is -2.12. The minimum Gasteiger partial charge on any atom is -0.452 e. The van der Waals surface area contributed by atoms with E-state index in [1.54, 1.807) is 18.3 Å². The molecule has 35 heavy (non-hydrogen) atoms. The number of para-hydroxylation sites is 2. The van der Waals surface area contributed by atoms with Gasteiger partial charge in [-0.1, -0.05) is 72.8 Å². The highest BCUT2D eigenvalue weighted by molar-refractivity contribution is 6.05. The normalized spacial score (nSPS) is 10.6. The summed E-state index contributed by atoms with van der Waals surface area (Å²) in [6.45, 7) is -0.419. The minimum absolute atomic E-state index is 0.328. The fraction of sp³-hybridized carbons (Fsp3) is 0.0345. The molecule has 3 aromatic carbocycles. The third-order valence-corrected chi connectivity index (χ3v) is 5.48. The van der Waals surface area contributed by atoms with Crippen molar-refractivity contribution < 1.29 is 14.3 Å². The molecule has 6 nitrogen and oxygen atoms in total. The van der Waals surface area contributed by atoms with E-state index in [0.717, 1.165) is 11.1 Å². The molecular weight excluding hydrogens is 438 g/mol. The molecule has 0 aliphatic rings. The number of hydrogen-bond donors (Lipinski definition) is 1. The predicted octanol–water partition coefficient (Wildman–Crippen LogP) is 5.76. The van der Waals surface area contributed by atoms with Crippen LogP contribution in [0.1, 0.15) is 10.4 Å². The largest absolute Gasteiger partial charge is 0.452 e. The monoisotopic (exact) mass is 459 g/mol. The van der Waals surface area contributed by atoms with E-state index in [4.69, 9.17) is 4.74 Å². The molecule has 0 aliphatic heterocycles. The average molecular weight is 460 g/mol. The first-order chi connectivity index (χ1) is 17.2. The summed E-state index contributed by atoms with van der Waals surface area (Å²) in [6.07, 6.45) is 1.67. The van der Waals surface area contributed by atoms with E-state index in [0.29, 0.717) is 33.5 Å². The van der Waals surface area contributed by atoms with Crippen molar-refractivity contribution in [2.24, 2.45) is 0 Å². The van der Waals surface area contributed by atoms with Crippen LogP contribution in [0, 0.1) is 0 Å². The molecule has 0 saturated heterocycles. The smallest absolute Gasteiger partial charge is 0.339 e. The number of pyridine rings is 2. The first-order valence-electron chi connectivity index (χ1n) is 11.1. The molecule has 0 bridgehead atoms. The van der Waals surface area contributed by atoms with Crippen LogP contribution in [-0.2, 0) is 9.53 Å². The van der Waals surface area contributed by atoms with E-state index in [1.165, 1.54) is 0 Å². The second kappa shape index (κ2) is 9.97. The number of ether oxygens (including phenoxy) is 1. The fourth-order valence-electron chi connectivity index (χ4n) is 3.85. The summed E-state index contributed by atoms with van der Waals surface area (Å²) in [5.41, 5.74) is 4.67. The third kappa shape index (κ3) is 4.91. The quantitative estimate of drug-likeness (QED) is 0.327. The van der Waals surface area contributed by atoms with Gasteiger partial charge in [-0.05, 0) is 35.9 Å². The highest BCUT2D eigenvalue weighted by Crippen LogP contribution is 2.28. The van der Waals surface area contributed by atoms with Crippen LogP contribution in [-0.4, -0.2) is 28.5 Å². The van der Waals surface area contributed by atoms with Gasteiger partial charge in [0.25, 0.3) is 5.91 Å². The van der Waals surface area contributed by atoms with Gasteiger partial charge in [0, 0.05) is 22.8 Å². The number of carbonyl (C=O) groups excluding carboxylic acids is 2. The topological polar surface area (TPSA) is 81.2 Å². The van der Waals surface area contributed by atoms with E-state index in [1.807, 2.05) is 91.0 Å². The SMILES string of the molecule is O=C(COC(=O)c1cc(-c2ccccn2)nc2ccccc12)Nc1ccccc1-c1ccccc1. The van der Waals surface area contributed by atoms with Crippen molar-refractivity contribution in [2.75, 3.05) is 11.9 Å². The number of rotatable bonds is 6. The van der Waals surface area contributed by atoms with E-state index < -0.39 is 18.5 Å². The van der Waals surface area contributed by atoms with Crippen molar-refractivity contribution in [3.05, 3.63) is 115 Å². The number of esters is 1. The van der Waals surface area contributed by atoms with Crippen LogP contribution in [0.4, 0.5) is 5.69 Å². The molecule has 6 heteroatoms. The van der Waals surface area contributed by atoms with E-state index in [9.17, 15) is 9.59 Å². The van der Waals surface area contributed by atoms with Crippen molar-refractivity contribution in [3.63, 3.8) is 0 Å². The first kappa shape index (κ1) is 22.0. The van der Waals surface area contributed by atoms with Crippen LogP contribution in [0.25, 0.3) is 33.4 Å². The number of nitrogens with zero attached hydrogens (tertiary/aromatic N) is 2. The lowest BCUT2D eigenvalue weighted by Crippen LogP contribution is -2.21. The maximum absolute atomic E-state index is 13.0. The summed E-state index contributed by atoms with van der Waals surface area (Å²) in [6, 6.07) is 31.7. The summed E-state index contributed by atoms with van der Waals surface area (Å²) in [4.78, 5) is 34.7. The van der Waals surface area contributed by atoms with Gasteiger partial charge in [-0.25, -0.2) is 9.78 Å². The Kier molecular flexibility index (Phi) is 6.26. The van der Waals surface area contributed by atoms with E-state index in [-0.39, 0.29) is 0 Å². The molecule has 1 N–H and O–H groups in total. The summed E-state index contributed by atoms with van der Waals surface area (Å²) in [7, 11) is 0. The Labute approximate surface area is 202 Å². The zero-order valence-corrected chi connectivity index (χ0v) is 18.7. The van der Waals surface area contributed by atoms with E-state index >= 15 is 0 Å². The van der Waals surface area contributed by atoms with Crippen LogP contribution in [0.2, 0.25) is 0 Å². The van der Waals surface area contributed by atoms with Crippen molar-refractivity contribution >= 4 is 28.5 Å². The molecule has 0 atom stereocenters. The summed E-state index contributed by atoms with van der Waals surface area (Å²) < 4.78 is 5.41. The summed E-state index contributed by atoms with van der Waals surface area (Å²) in [5.74, 6) is -1.03. The molecular formula is C29H21N3O3. The maximum Gasteiger partial charge on any atom is 0.339 e. The molecule has 0 aliphatic carbocycles. The predicted molar refractivity (Wildman–Crippen MR) is 136 cm³/mol. The molecule has 5 rings (SSSR count). The summed E-state index contributed by atoms with van der Waals surface area (Å²) in [5, 5.41) is 3.50. The molecule has 0 unspecified atom stereocenters. The van der Waals surface area contributed by atoms with Crippen LogP contribution in [0.15, 0.2) is 109 Å². The van der Waals surface area contributed by atoms with Crippen molar-refractivity contribution in [1.29, 1.82) is 0 Å². The standard InChI is InChI=1S/C29H21N3O3/c33-28(32-24-14-6-4-12-21(24)20-10-2-1-3-11-20)19-35-29(34)23-18-27(26-16-8-9-17-30-26)31-25-15-7-5-13-22(23)25/h1-18H,19H2,(H,32,33). The van der Waals surface area contributed by atoms with Gasteiger partial charge in [-0.3, -0.25) is 9.78 Å². The molecule has 5 aromatic rings. The second-order valence-electron chi connectivity index (χ2n) is 7.82. The Morgan fingerprint density at radius 1 is 0.771 bits per heavy atom. The zero-order chi connectivity index (χ0) is 24.0. The fourth-order valence-corrected chi connectivity index (χ4v) is 3.85. The van der Waals surface area contributed by atoms with Gasteiger partial charge < -0.3 is 10.1 Å². The maximum atomic E-state index is 13.0. The molecule has 0 saturated carbocycles. The number of aromatic nitrogens is 2. The Morgan fingerprint density at radius 2 is 1.51 bits per heavy atom. The molecule has 0 radical (unpaired) electrons. The average Bonchev–Trinajstić information content (AvgIpc) is 2.92. The van der Waals surface area contributed by atoms with Gasteiger partial charge in [-0.15, -0.1) is 0 Å². The van der Waals surface area contributed by atoms with Gasteiger partial charge in [-0.2, -0.15) is 0 Å². The summed E-state index contributed by atoms with van der Waals surface area (Å²) >= 11 is 0. The number of nitrogens with one attached hydrogen (secondary N) is 1. The highest BCUT2D eigenvalue weighted by atomic mass is 16.5. The van der Waals surface area contributed by atoms with Crippen LogP contribution in [0.3, 0.4) is 0 Å². The van der Waals surface area contributed by atoms with Gasteiger partial charge >= 0.3 is 5.97 Å². The Morgan fingerprint density at radius 3 is 2.34 bits per heavy atom. The minimum atomic E-state index is -0.604. The number of fused-ring (bicyclic) bond motifs is 1. The van der Waals surface area contributed by atoms with Crippen molar-refractivity contribution in [3.8, 4) is 22.5 Å². The molecule has 2 heterocycles. The van der Waals surface area contributed by atoms with Crippen LogP contribution >= 0.6 is 0 Å². The number of benzene rings is 3. The van der Waals surface area contributed by atoms with E-state index in [2.05, 4.69) is 15.3 Å². The van der Waals surface area contributed by atoms with Crippen LogP contribution in [0.5, 0.6) is 0 Å². The number of amides is 1. The lowest BCUT2D eigenvalue weighted by atomic mass is 10.0. The number of anilines is 1. The highest BCUT2D eigenvalue weighted by Gasteiger charge is 2.17. The molecule has 0 fully saturated rings. The van der Waals surface area contributed by atoms with Crippen LogP contribution < -0.4 is 5.32 Å². The Hall–Kier alpha value is -4.84. The van der Waals surface area contributed by atoms with Gasteiger partial charge in [0.2, 0.25) is 0 Å². The lowest BCUT2D eigenvalue weighted by molar-refractivity contribution is -0.119. The third-order valence-electron chi connectivity index (χ3n) is 5.48. The number of carbonyl (C=O) groups is 2. The van der Waals surface area contributed by atoms with Gasteiger partial charge in [0.15, 0.2) is 6.61 Å². The molecule has 2 aromatic heterocycles. The molecule has 1 amide bonds. The number of hydrogen-bond acceptors (Lipinski definition) is 5. The molecule has 170 valence electrons. The second-order valence-corrected chi connectivity index (χ2v) is 7.82. The van der Waals surface area contributed by atoms with Gasteiger partial charge in [0.05, 0.1) is 22.5 Å². The van der Waals surface area contributed by atoms with Crippen molar-refractivity contribution in [2.45, 2.75) is 0 Å². The van der Waals surface area contributed by atoms with Gasteiger partial charge in [0.1, 0.15) is 0 Å². The molecule has 0 spiro atoms. The first-order valence-corrected chi connectivity index (χ1v) is 11.1. The van der Waals surface area contributed by atoms with Crippen molar-refractivity contribution in [1.82, 2.24) is 9.97 Å². The zero-order valence-electron chi connectivity index (χ0n) is 18.7.